The quantitative estimate of drug-likeness (QED) is 0.0447. The maximum Gasteiger partial charge on any atom is 0.308 e. The Morgan fingerprint density at radius 3 is 0.925 bits per heavy atom. The number of amides is 1. The SMILES string of the molecule is CCCCCCCN(CCCN(C)C)C(=O)C(CCCCCCCCCOC(=O)C(CCCCCC)CCCCCC)CCCCCCCCCOC(=O)C(CCCCCC)CCCCCC. The zero-order valence-electron chi connectivity index (χ0n) is 46.4. The molecule has 1 amide bonds. The number of carbonyl (C=O) groups excluding carboxylic acids is 3. The molecule has 0 bridgehead atoms. The first-order valence-corrected chi connectivity index (χ1v) is 30.0. The van der Waals surface area contributed by atoms with E-state index in [2.05, 4.69) is 58.5 Å². The van der Waals surface area contributed by atoms with Gasteiger partial charge in [0.15, 0.2) is 0 Å². The molecule has 0 aromatic heterocycles. The van der Waals surface area contributed by atoms with Crippen LogP contribution in [0, 0.1) is 17.8 Å². The van der Waals surface area contributed by atoms with Crippen molar-refractivity contribution in [3.8, 4) is 0 Å². The summed E-state index contributed by atoms with van der Waals surface area (Å²) in [5.41, 5.74) is 0. The molecule has 0 aliphatic carbocycles. The van der Waals surface area contributed by atoms with Gasteiger partial charge in [0.05, 0.1) is 25.0 Å². The number of hydrogen-bond donors (Lipinski definition) is 0. The van der Waals surface area contributed by atoms with Crippen LogP contribution in [0.15, 0.2) is 0 Å². The highest BCUT2D eigenvalue weighted by molar-refractivity contribution is 5.78. The van der Waals surface area contributed by atoms with Gasteiger partial charge in [-0.15, -0.1) is 0 Å². The first kappa shape index (κ1) is 65.4. The molecule has 398 valence electrons. The first-order valence-electron chi connectivity index (χ1n) is 30.0. The van der Waals surface area contributed by atoms with Gasteiger partial charge in [0.1, 0.15) is 0 Å². The van der Waals surface area contributed by atoms with Crippen LogP contribution in [0.25, 0.3) is 0 Å². The predicted molar refractivity (Wildman–Crippen MR) is 290 cm³/mol. The molecule has 0 N–H and O–H groups in total. The Morgan fingerprint density at radius 1 is 0.313 bits per heavy atom. The average Bonchev–Trinajstić information content (AvgIpc) is 3.32. The Labute approximate surface area is 419 Å². The third kappa shape index (κ3) is 41.8. The largest absolute Gasteiger partial charge is 0.465 e. The second-order valence-electron chi connectivity index (χ2n) is 21.2. The molecule has 0 aromatic carbocycles. The molecule has 0 unspecified atom stereocenters. The van der Waals surface area contributed by atoms with Gasteiger partial charge < -0.3 is 19.3 Å². The van der Waals surface area contributed by atoms with Crippen LogP contribution in [0.4, 0.5) is 0 Å². The zero-order valence-corrected chi connectivity index (χ0v) is 46.4. The molecule has 0 spiro atoms. The van der Waals surface area contributed by atoms with Crippen molar-refractivity contribution in [2.45, 2.75) is 304 Å². The summed E-state index contributed by atoms with van der Waals surface area (Å²) in [5, 5.41) is 0. The summed E-state index contributed by atoms with van der Waals surface area (Å²) in [7, 11) is 4.27. The van der Waals surface area contributed by atoms with Gasteiger partial charge in [-0.3, -0.25) is 14.4 Å². The van der Waals surface area contributed by atoms with Crippen molar-refractivity contribution in [2.24, 2.45) is 17.8 Å². The van der Waals surface area contributed by atoms with Crippen molar-refractivity contribution < 1.29 is 23.9 Å². The lowest BCUT2D eigenvalue weighted by atomic mass is 9.92. The lowest BCUT2D eigenvalue weighted by Crippen LogP contribution is -2.38. The van der Waals surface area contributed by atoms with Gasteiger partial charge in [0.25, 0.3) is 0 Å². The molecule has 0 atom stereocenters. The van der Waals surface area contributed by atoms with E-state index in [-0.39, 0.29) is 29.7 Å². The summed E-state index contributed by atoms with van der Waals surface area (Å²) in [4.78, 5) is 44.8. The highest BCUT2D eigenvalue weighted by Crippen LogP contribution is 2.25. The van der Waals surface area contributed by atoms with Crippen molar-refractivity contribution in [3.63, 3.8) is 0 Å². The molecule has 0 heterocycles. The molecule has 0 saturated heterocycles. The van der Waals surface area contributed by atoms with Gasteiger partial charge in [-0.05, 0) is 84.8 Å². The number of nitrogens with zero attached hydrogens (tertiary/aromatic N) is 2. The molecule has 0 rings (SSSR count). The Balaban J connectivity index is 4.90. The van der Waals surface area contributed by atoms with Gasteiger partial charge in [0, 0.05) is 19.0 Å². The third-order valence-corrected chi connectivity index (χ3v) is 14.4. The van der Waals surface area contributed by atoms with E-state index in [1.54, 1.807) is 0 Å². The molecular weight excluding hydrogens is 829 g/mol. The Morgan fingerprint density at radius 2 is 0.582 bits per heavy atom. The van der Waals surface area contributed by atoms with E-state index in [0.717, 1.165) is 135 Å². The number of carbonyl (C=O) groups is 3. The molecule has 0 radical (unpaired) electrons. The molecule has 0 aliphatic heterocycles. The molecule has 7 heteroatoms. The summed E-state index contributed by atoms with van der Waals surface area (Å²) >= 11 is 0. The van der Waals surface area contributed by atoms with E-state index in [4.69, 9.17) is 9.47 Å². The van der Waals surface area contributed by atoms with Gasteiger partial charge >= 0.3 is 11.9 Å². The van der Waals surface area contributed by atoms with Crippen LogP contribution >= 0.6 is 0 Å². The lowest BCUT2D eigenvalue weighted by Gasteiger charge is -2.28. The Kier molecular flexibility index (Phi) is 49.5. The second-order valence-corrected chi connectivity index (χ2v) is 21.2. The van der Waals surface area contributed by atoms with E-state index >= 15 is 0 Å². The maximum atomic E-state index is 14.3. The summed E-state index contributed by atoms with van der Waals surface area (Å²) in [5.74, 6) is 0.860. The van der Waals surface area contributed by atoms with Gasteiger partial charge in [-0.1, -0.05) is 240 Å². The van der Waals surface area contributed by atoms with Crippen LogP contribution in [-0.4, -0.2) is 74.6 Å². The topological polar surface area (TPSA) is 76.2 Å². The first-order chi connectivity index (χ1) is 32.7. The minimum atomic E-state index is 0.0563. The van der Waals surface area contributed by atoms with E-state index in [1.807, 2.05) is 0 Å². The van der Waals surface area contributed by atoms with Crippen LogP contribution in [0.1, 0.15) is 304 Å². The summed E-state index contributed by atoms with van der Waals surface area (Å²) in [6, 6.07) is 0. The fourth-order valence-corrected chi connectivity index (χ4v) is 9.83. The van der Waals surface area contributed by atoms with Crippen molar-refractivity contribution in [1.29, 1.82) is 0 Å². The molecule has 0 fully saturated rings. The van der Waals surface area contributed by atoms with Crippen LogP contribution in [0.5, 0.6) is 0 Å². The third-order valence-electron chi connectivity index (χ3n) is 14.4. The zero-order chi connectivity index (χ0) is 49.3. The normalized spacial score (nSPS) is 11.7. The van der Waals surface area contributed by atoms with Crippen molar-refractivity contribution >= 4 is 17.8 Å². The lowest BCUT2D eigenvalue weighted by molar-refractivity contribution is -0.150. The van der Waals surface area contributed by atoms with Crippen LogP contribution in [0.2, 0.25) is 0 Å². The number of ether oxygens (including phenoxy) is 2. The summed E-state index contributed by atoms with van der Waals surface area (Å²) in [6.45, 7) is 15.2. The number of esters is 2. The molecule has 0 aromatic rings. The van der Waals surface area contributed by atoms with Gasteiger partial charge in [0.2, 0.25) is 5.91 Å². The molecule has 67 heavy (non-hydrogen) atoms. The van der Waals surface area contributed by atoms with Gasteiger partial charge in [-0.25, -0.2) is 0 Å². The highest BCUT2D eigenvalue weighted by Gasteiger charge is 2.24. The monoisotopic (exact) mass is 947 g/mol. The van der Waals surface area contributed by atoms with Crippen LogP contribution < -0.4 is 0 Å². The highest BCUT2D eigenvalue weighted by atomic mass is 16.5. The summed E-state index contributed by atoms with van der Waals surface area (Å²) in [6.07, 6.45) is 48.8. The van der Waals surface area contributed by atoms with Gasteiger partial charge in [-0.2, -0.15) is 0 Å². The van der Waals surface area contributed by atoms with Crippen molar-refractivity contribution in [3.05, 3.63) is 0 Å². The molecule has 7 nitrogen and oxygen atoms in total. The smallest absolute Gasteiger partial charge is 0.308 e. The molecule has 0 saturated carbocycles. The average molecular weight is 948 g/mol. The fraction of sp³-hybridized carbons (Fsp3) is 0.950. The van der Waals surface area contributed by atoms with E-state index in [9.17, 15) is 14.4 Å². The Hall–Kier alpha value is -1.63. The maximum absolute atomic E-state index is 14.3. The molecule has 0 aliphatic rings. The van der Waals surface area contributed by atoms with Crippen molar-refractivity contribution in [1.82, 2.24) is 9.80 Å². The minimum absolute atomic E-state index is 0.0563. The number of rotatable bonds is 53. The second kappa shape index (κ2) is 50.7. The standard InChI is InChI=1S/C60H118N2O5/c1-8-13-18-31-40-51-62(52-43-50-61(6)7)58(63)55(44-38-29-25-23-27-32-41-53-66-59(64)56(46-34-19-14-9-2)47-35-20-15-10-3)45-39-30-26-24-28-33-42-54-67-60(65)57(48-36-21-16-11-4)49-37-22-17-12-5/h55-57H,8-54H2,1-7H3. The van der Waals surface area contributed by atoms with E-state index in [1.165, 1.54) is 154 Å². The summed E-state index contributed by atoms with van der Waals surface area (Å²) < 4.78 is 11.7. The van der Waals surface area contributed by atoms with Crippen LogP contribution in [0.3, 0.4) is 0 Å². The van der Waals surface area contributed by atoms with Crippen LogP contribution in [-0.2, 0) is 23.9 Å². The Bertz CT molecular complexity index is 983. The van der Waals surface area contributed by atoms with E-state index in [0.29, 0.717) is 19.1 Å². The van der Waals surface area contributed by atoms with Crippen molar-refractivity contribution in [2.75, 3.05) is 46.9 Å². The molecular formula is C60H118N2O5. The van der Waals surface area contributed by atoms with E-state index < -0.39 is 0 Å². The number of hydrogen-bond acceptors (Lipinski definition) is 6. The fourth-order valence-electron chi connectivity index (χ4n) is 9.83. The minimum Gasteiger partial charge on any atom is -0.465 e. The number of unbranched alkanes of at least 4 members (excludes halogenated alkanes) is 28. The predicted octanol–water partition coefficient (Wildman–Crippen LogP) is 17.8.